The highest BCUT2D eigenvalue weighted by atomic mass is 32.2. The van der Waals surface area contributed by atoms with Crippen LogP contribution in [0.3, 0.4) is 0 Å². The van der Waals surface area contributed by atoms with Gasteiger partial charge in [-0.1, -0.05) is 30.3 Å². The van der Waals surface area contributed by atoms with Crippen molar-refractivity contribution < 1.29 is 18.8 Å². The summed E-state index contributed by atoms with van der Waals surface area (Å²) in [6.45, 7) is 2.04. The number of phenols is 1. The molecule has 1 aliphatic carbocycles. The molecule has 2 aliphatic rings. The van der Waals surface area contributed by atoms with Crippen LogP contribution in [0.15, 0.2) is 66.7 Å². The number of ether oxygens (including phenoxy) is 1. The Hall–Kier alpha value is -3.38. The second-order valence-corrected chi connectivity index (χ2v) is 9.04. The molecule has 0 bridgehead atoms. The molecule has 2 N–H and O–H groups in total. The molecular formula is C25H21NO4S. The van der Waals surface area contributed by atoms with E-state index in [2.05, 4.69) is 10.8 Å². The molecule has 1 unspecified atom stereocenters. The van der Waals surface area contributed by atoms with Crippen molar-refractivity contribution in [2.24, 2.45) is 0 Å². The van der Waals surface area contributed by atoms with Crippen LogP contribution in [-0.2, 0) is 22.2 Å². The van der Waals surface area contributed by atoms with E-state index in [-0.39, 0.29) is 11.7 Å². The Kier molecular flexibility index (Phi) is 4.87. The minimum Gasteiger partial charge on any atom is -0.507 e. The number of fused-ring (bicyclic) bond motifs is 1. The van der Waals surface area contributed by atoms with Crippen molar-refractivity contribution in [2.75, 3.05) is 0 Å². The van der Waals surface area contributed by atoms with Gasteiger partial charge in [-0.15, -0.1) is 0 Å². The molecule has 0 saturated heterocycles. The van der Waals surface area contributed by atoms with Crippen molar-refractivity contribution in [2.45, 2.75) is 25.7 Å². The lowest BCUT2D eigenvalue weighted by Gasteiger charge is -2.15. The zero-order chi connectivity index (χ0) is 21.5. The van der Waals surface area contributed by atoms with E-state index in [4.69, 9.17) is 4.74 Å². The second kappa shape index (κ2) is 7.71. The Morgan fingerprint density at radius 1 is 1.10 bits per heavy atom. The van der Waals surface area contributed by atoms with Crippen molar-refractivity contribution in [3.63, 3.8) is 0 Å². The van der Waals surface area contributed by atoms with E-state index in [1.165, 1.54) is 17.2 Å². The van der Waals surface area contributed by atoms with Gasteiger partial charge >= 0.3 is 0 Å². The first-order valence-electron chi connectivity index (χ1n) is 10.1. The highest BCUT2D eigenvalue weighted by Gasteiger charge is 2.29. The van der Waals surface area contributed by atoms with Gasteiger partial charge in [-0.2, -0.15) is 0 Å². The van der Waals surface area contributed by atoms with Gasteiger partial charge in [0.2, 0.25) is 0 Å². The smallest absolute Gasteiger partial charge is 0.257 e. The molecule has 156 valence electrons. The number of aryl methyl sites for hydroxylation is 1. The van der Waals surface area contributed by atoms with E-state index in [1.807, 2.05) is 49.4 Å². The highest BCUT2D eigenvalue weighted by molar-refractivity contribution is 7.94. The Morgan fingerprint density at radius 2 is 1.94 bits per heavy atom. The number of nitrogens with one attached hydrogen (secondary N) is 1. The molecule has 1 heterocycles. The molecule has 0 saturated carbocycles. The van der Waals surface area contributed by atoms with Gasteiger partial charge in [-0.25, -0.2) is 4.21 Å². The van der Waals surface area contributed by atoms with Gasteiger partial charge in [0.15, 0.2) is 11.0 Å². The normalized spacial score (nSPS) is 19.6. The Morgan fingerprint density at radius 3 is 2.68 bits per heavy atom. The van der Waals surface area contributed by atoms with Crippen molar-refractivity contribution >= 4 is 21.8 Å². The molecule has 5 nitrogen and oxygen atoms in total. The predicted octanol–water partition coefficient (Wildman–Crippen LogP) is 4.71. The number of hydrogen-bond acceptors (Lipinski definition) is 4. The van der Waals surface area contributed by atoms with Gasteiger partial charge in [-0.3, -0.25) is 9.52 Å². The fourth-order valence-corrected chi connectivity index (χ4v) is 5.31. The lowest BCUT2D eigenvalue weighted by atomic mass is 9.92. The monoisotopic (exact) mass is 431 g/mol. The van der Waals surface area contributed by atoms with E-state index in [9.17, 15) is 14.1 Å². The molecule has 5 rings (SSSR count). The van der Waals surface area contributed by atoms with Crippen LogP contribution in [0.1, 0.15) is 40.2 Å². The third kappa shape index (κ3) is 3.64. The molecule has 1 aliphatic heterocycles. The molecule has 6 heteroatoms. The number of carbonyl (C=O) groups is 1. The zero-order valence-corrected chi connectivity index (χ0v) is 17.7. The number of carbonyl (C=O) groups excluding carboxylic acids is 1. The number of benzene rings is 3. The summed E-state index contributed by atoms with van der Waals surface area (Å²) in [5.41, 5.74) is 4.92. The van der Waals surface area contributed by atoms with Gasteiger partial charge < -0.3 is 9.84 Å². The standard InChI is InChI=1S/C25H21NO4S/c1-15-4-2-5-17(12-15)30-23-7-3-6-19-18(10-11-20(19)23)16-8-9-21(22(27)13-16)24-14-25(28)26-31(24)29/h2-9,12-14,18,27H,10-11H2,1H3,(H,26,28)/t18-,31?/m1/s1. The SMILES string of the molecule is Cc1cccc(Oc2cccc3c2CC[C@@H]3c2ccc(C3=CC(=O)NS3=O)c(O)c2)c1. The predicted molar refractivity (Wildman–Crippen MR) is 120 cm³/mol. The van der Waals surface area contributed by atoms with Crippen molar-refractivity contribution in [3.05, 3.63) is 94.6 Å². The first kappa shape index (κ1) is 19.6. The fourth-order valence-electron chi connectivity index (χ4n) is 4.37. The number of phenolic OH excluding ortho intramolecular Hbond substituents is 1. The van der Waals surface area contributed by atoms with Gasteiger partial charge in [0.05, 0.1) is 4.91 Å². The van der Waals surface area contributed by atoms with E-state index >= 15 is 0 Å². The molecule has 2 atom stereocenters. The maximum atomic E-state index is 12.0. The van der Waals surface area contributed by atoms with Crippen LogP contribution in [0, 0.1) is 6.92 Å². The lowest BCUT2D eigenvalue weighted by Crippen LogP contribution is -2.16. The largest absolute Gasteiger partial charge is 0.507 e. The van der Waals surface area contributed by atoms with Gasteiger partial charge in [0, 0.05) is 17.6 Å². The quantitative estimate of drug-likeness (QED) is 0.628. The topological polar surface area (TPSA) is 75.6 Å². The maximum Gasteiger partial charge on any atom is 0.257 e. The van der Waals surface area contributed by atoms with Crippen LogP contribution >= 0.6 is 0 Å². The van der Waals surface area contributed by atoms with Crippen molar-refractivity contribution in [1.82, 2.24) is 4.72 Å². The van der Waals surface area contributed by atoms with Crippen molar-refractivity contribution in [3.8, 4) is 17.2 Å². The molecule has 31 heavy (non-hydrogen) atoms. The van der Waals surface area contributed by atoms with Gasteiger partial charge in [0.1, 0.15) is 17.2 Å². The summed E-state index contributed by atoms with van der Waals surface area (Å²) in [6, 6.07) is 19.5. The summed E-state index contributed by atoms with van der Waals surface area (Å²) in [5, 5.41) is 10.6. The number of aromatic hydroxyl groups is 1. The molecule has 1 amide bonds. The number of rotatable bonds is 4. The minimum atomic E-state index is -1.64. The van der Waals surface area contributed by atoms with Crippen LogP contribution in [-0.4, -0.2) is 15.2 Å². The number of amides is 1. The summed E-state index contributed by atoms with van der Waals surface area (Å²) in [6.07, 6.45) is 3.07. The zero-order valence-electron chi connectivity index (χ0n) is 16.9. The molecule has 3 aromatic carbocycles. The molecule has 3 aromatic rings. The van der Waals surface area contributed by atoms with E-state index < -0.39 is 16.9 Å². The molecular weight excluding hydrogens is 410 g/mol. The molecule has 0 fully saturated rings. The first-order chi connectivity index (χ1) is 15.0. The van der Waals surface area contributed by atoms with Crippen LogP contribution in [0.2, 0.25) is 0 Å². The van der Waals surface area contributed by atoms with Crippen LogP contribution in [0.4, 0.5) is 0 Å². The molecule has 0 radical (unpaired) electrons. The third-order valence-electron chi connectivity index (χ3n) is 5.79. The summed E-state index contributed by atoms with van der Waals surface area (Å²) in [4.78, 5) is 11.8. The van der Waals surface area contributed by atoms with Gasteiger partial charge in [0.25, 0.3) is 5.91 Å². The second-order valence-electron chi connectivity index (χ2n) is 7.85. The first-order valence-corrected chi connectivity index (χ1v) is 11.3. The average Bonchev–Trinajstić information content (AvgIpc) is 3.31. The van der Waals surface area contributed by atoms with Crippen LogP contribution in [0.25, 0.3) is 4.91 Å². The number of hydrogen-bond donors (Lipinski definition) is 2. The molecule has 0 spiro atoms. The molecule has 0 aromatic heterocycles. The highest BCUT2D eigenvalue weighted by Crippen LogP contribution is 2.44. The van der Waals surface area contributed by atoms with Crippen molar-refractivity contribution in [1.29, 1.82) is 0 Å². The third-order valence-corrected chi connectivity index (χ3v) is 6.91. The minimum absolute atomic E-state index is 0.0224. The van der Waals surface area contributed by atoms with E-state index in [1.54, 1.807) is 12.1 Å². The Labute approximate surface area is 183 Å². The van der Waals surface area contributed by atoms with E-state index in [0.29, 0.717) is 10.5 Å². The maximum absolute atomic E-state index is 12.0. The summed E-state index contributed by atoms with van der Waals surface area (Å²) >= 11 is 0. The summed E-state index contributed by atoms with van der Waals surface area (Å²) in [7, 11) is -1.64. The van der Waals surface area contributed by atoms with E-state index in [0.717, 1.165) is 35.5 Å². The Balaban J connectivity index is 1.45. The summed E-state index contributed by atoms with van der Waals surface area (Å²) < 4.78 is 20.5. The summed E-state index contributed by atoms with van der Waals surface area (Å²) in [5.74, 6) is 1.43. The Bertz CT molecular complexity index is 1260. The van der Waals surface area contributed by atoms with Crippen LogP contribution in [0.5, 0.6) is 17.2 Å². The van der Waals surface area contributed by atoms with Crippen LogP contribution < -0.4 is 9.46 Å². The van der Waals surface area contributed by atoms with Gasteiger partial charge in [-0.05, 0) is 72.4 Å². The lowest BCUT2D eigenvalue weighted by molar-refractivity contribution is -0.114. The fraction of sp³-hybridized carbons (Fsp3) is 0.160. The average molecular weight is 432 g/mol.